The van der Waals surface area contributed by atoms with E-state index in [0.29, 0.717) is 19.6 Å². The van der Waals surface area contributed by atoms with Gasteiger partial charge in [0.15, 0.2) is 0 Å². The van der Waals surface area contributed by atoms with E-state index in [0.717, 1.165) is 16.3 Å². The molecule has 0 bridgehead atoms. The minimum atomic E-state index is -0.000593. The largest absolute Gasteiger partial charge is 0.494 e. The zero-order valence-corrected chi connectivity index (χ0v) is 11.6. The maximum Gasteiger partial charge on any atom is 0.224 e. The van der Waals surface area contributed by atoms with Gasteiger partial charge in [0.05, 0.1) is 19.6 Å². The number of aromatic nitrogens is 1. The summed E-state index contributed by atoms with van der Waals surface area (Å²) in [5.41, 5.74) is 0.972. The molecule has 0 radical (unpaired) electrons. The van der Waals surface area contributed by atoms with E-state index in [4.69, 9.17) is 4.74 Å². The quantitative estimate of drug-likeness (QED) is 0.881. The van der Waals surface area contributed by atoms with Crippen LogP contribution in [0.3, 0.4) is 0 Å². The Morgan fingerprint density at radius 1 is 1.37 bits per heavy atom. The molecular formula is C14H16N2O2S. The molecule has 0 unspecified atom stereocenters. The Hall–Kier alpha value is -1.88. The minimum Gasteiger partial charge on any atom is -0.494 e. The highest BCUT2D eigenvalue weighted by molar-refractivity contribution is 7.09. The smallest absolute Gasteiger partial charge is 0.224 e. The molecule has 19 heavy (non-hydrogen) atoms. The summed E-state index contributed by atoms with van der Waals surface area (Å²) >= 11 is 1.54. The monoisotopic (exact) mass is 276 g/mol. The number of nitrogens with zero attached hydrogens (tertiary/aromatic N) is 1. The third-order valence-electron chi connectivity index (χ3n) is 2.52. The highest BCUT2D eigenvalue weighted by Crippen LogP contribution is 2.12. The van der Waals surface area contributed by atoms with E-state index in [9.17, 15) is 4.79 Å². The Morgan fingerprint density at radius 3 is 2.79 bits per heavy atom. The second-order valence-electron chi connectivity index (χ2n) is 3.96. The van der Waals surface area contributed by atoms with Crippen molar-refractivity contribution < 1.29 is 9.53 Å². The van der Waals surface area contributed by atoms with Crippen LogP contribution in [0.1, 0.15) is 17.5 Å². The van der Waals surface area contributed by atoms with Gasteiger partial charge < -0.3 is 10.1 Å². The van der Waals surface area contributed by atoms with Gasteiger partial charge in [-0.05, 0) is 24.6 Å². The van der Waals surface area contributed by atoms with Crippen molar-refractivity contribution in [2.45, 2.75) is 19.9 Å². The van der Waals surface area contributed by atoms with Crippen molar-refractivity contribution in [3.8, 4) is 5.75 Å². The molecule has 1 N–H and O–H groups in total. The fourth-order valence-corrected chi connectivity index (χ4v) is 2.19. The molecule has 4 nitrogen and oxygen atoms in total. The van der Waals surface area contributed by atoms with Gasteiger partial charge in [-0.1, -0.05) is 12.1 Å². The molecule has 0 spiro atoms. The SMILES string of the molecule is CCOc1ccc(CC(=O)NCc2nccs2)cc1. The molecule has 0 aliphatic heterocycles. The van der Waals surface area contributed by atoms with Crippen molar-refractivity contribution in [1.82, 2.24) is 10.3 Å². The van der Waals surface area contributed by atoms with Gasteiger partial charge >= 0.3 is 0 Å². The molecule has 2 rings (SSSR count). The standard InChI is InChI=1S/C14H16N2O2S/c1-2-18-12-5-3-11(4-6-12)9-13(17)16-10-14-15-7-8-19-14/h3-8H,2,9-10H2,1H3,(H,16,17). The minimum absolute atomic E-state index is 0.000593. The molecular weight excluding hydrogens is 260 g/mol. The van der Waals surface area contributed by atoms with E-state index in [1.807, 2.05) is 36.6 Å². The van der Waals surface area contributed by atoms with Crippen LogP contribution in [-0.2, 0) is 17.8 Å². The summed E-state index contributed by atoms with van der Waals surface area (Å²) in [5, 5.41) is 5.66. The maximum absolute atomic E-state index is 11.8. The third kappa shape index (κ3) is 4.37. The molecule has 1 amide bonds. The Labute approximate surface area is 116 Å². The fraction of sp³-hybridized carbons (Fsp3) is 0.286. The number of carbonyl (C=O) groups is 1. The van der Waals surface area contributed by atoms with Crippen LogP contribution in [-0.4, -0.2) is 17.5 Å². The van der Waals surface area contributed by atoms with Gasteiger partial charge in [0, 0.05) is 11.6 Å². The molecule has 0 saturated heterocycles. The van der Waals surface area contributed by atoms with Crippen LogP contribution >= 0.6 is 11.3 Å². The first-order valence-corrected chi connectivity index (χ1v) is 7.02. The summed E-state index contributed by atoms with van der Waals surface area (Å²) < 4.78 is 5.35. The highest BCUT2D eigenvalue weighted by atomic mass is 32.1. The van der Waals surface area contributed by atoms with Crippen LogP contribution in [0.15, 0.2) is 35.8 Å². The molecule has 5 heteroatoms. The predicted molar refractivity (Wildman–Crippen MR) is 75.3 cm³/mol. The number of ether oxygens (including phenoxy) is 1. The molecule has 0 aliphatic rings. The van der Waals surface area contributed by atoms with Crippen LogP contribution in [0.25, 0.3) is 0 Å². The summed E-state index contributed by atoms with van der Waals surface area (Å²) in [7, 11) is 0. The van der Waals surface area contributed by atoms with Crippen LogP contribution in [0.4, 0.5) is 0 Å². The van der Waals surface area contributed by atoms with Gasteiger partial charge in [-0.25, -0.2) is 4.98 Å². The number of thiazole rings is 1. The number of amides is 1. The van der Waals surface area contributed by atoms with Crippen molar-refractivity contribution in [3.05, 3.63) is 46.4 Å². The second kappa shape index (κ2) is 6.89. The fourth-order valence-electron chi connectivity index (χ4n) is 1.63. The molecule has 1 aromatic carbocycles. The number of hydrogen-bond donors (Lipinski definition) is 1. The molecule has 100 valence electrons. The maximum atomic E-state index is 11.8. The van der Waals surface area contributed by atoms with Gasteiger partial charge in [-0.15, -0.1) is 11.3 Å². The molecule has 0 fully saturated rings. The summed E-state index contributed by atoms with van der Waals surface area (Å²) in [5.74, 6) is 0.828. The van der Waals surface area contributed by atoms with Crippen LogP contribution in [0.2, 0.25) is 0 Å². The van der Waals surface area contributed by atoms with E-state index >= 15 is 0 Å². The van der Waals surface area contributed by atoms with E-state index < -0.39 is 0 Å². The van der Waals surface area contributed by atoms with Crippen LogP contribution in [0.5, 0.6) is 5.75 Å². The van der Waals surface area contributed by atoms with E-state index in [1.54, 1.807) is 6.20 Å². The Kier molecular flexibility index (Phi) is 4.92. The zero-order chi connectivity index (χ0) is 13.5. The van der Waals surface area contributed by atoms with Crippen LogP contribution in [0, 0.1) is 0 Å². The van der Waals surface area contributed by atoms with Crippen molar-refractivity contribution in [2.24, 2.45) is 0 Å². The van der Waals surface area contributed by atoms with Gasteiger partial charge in [-0.3, -0.25) is 4.79 Å². The number of nitrogens with one attached hydrogen (secondary N) is 1. The third-order valence-corrected chi connectivity index (χ3v) is 3.30. The summed E-state index contributed by atoms with van der Waals surface area (Å²) in [6.07, 6.45) is 2.11. The molecule has 0 atom stereocenters. The van der Waals surface area contributed by atoms with Gasteiger partial charge in [0.1, 0.15) is 10.8 Å². The zero-order valence-electron chi connectivity index (χ0n) is 10.8. The van der Waals surface area contributed by atoms with Crippen molar-refractivity contribution in [3.63, 3.8) is 0 Å². The summed E-state index contributed by atoms with van der Waals surface area (Å²) in [6, 6.07) is 7.59. The molecule has 1 heterocycles. The average molecular weight is 276 g/mol. The topological polar surface area (TPSA) is 51.2 Å². The lowest BCUT2D eigenvalue weighted by molar-refractivity contribution is -0.120. The van der Waals surface area contributed by atoms with Gasteiger partial charge in [0.2, 0.25) is 5.91 Å². The van der Waals surface area contributed by atoms with Crippen LogP contribution < -0.4 is 10.1 Å². The van der Waals surface area contributed by atoms with E-state index in [2.05, 4.69) is 10.3 Å². The molecule has 2 aromatic rings. The Morgan fingerprint density at radius 2 is 2.16 bits per heavy atom. The van der Waals surface area contributed by atoms with E-state index in [1.165, 1.54) is 11.3 Å². The van der Waals surface area contributed by atoms with Crippen molar-refractivity contribution in [1.29, 1.82) is 0 Å². The lowest BCUT2D eigenvalue weighted by atomic mass is 10.1. The first-order valence-electron chi connectivity index (χ1n) is 6.14. The van der Waals surface area contributed by atoms with E-state index in [-0.39, 0.29) is 5.91 Å². The molecule has 0 saturated carbocycles. The Balaban J connectivity index is 1.81. The van der Waals surface area contributed by atoms with Gasteiger partial charge in [-0.2, -0.15) is 0 Å². The second-order valence-corrected chi connectivity index (χ2v) is 4.94. The van der Waals surface area contributed by atoms with Gasteiger partial charge in [0.25, 0.3) is 0 Å². The number of benzene rings is 1. The Bertz CT molecular complexity index is 509. The number of hydrogen-bond acceptors (Lipinski definition) is 4. The first kappa shape index (κ1) is 13.5. The normalized spacial score (nSPS) is 10.2. The highest BCUT2D eigenvalue weighted by Gasteiger charge is 2.04. The molecule has 0 aliphatic carbocycles. The van der Waals surface area contributed by atoms with Crippen molar-refractivity contribution >= 4 is 17.2 Å². The lowest BCUT2D eigenvalue weighted by Gasteiger charge is -2.05. The summed E-state index contributed by atoms with van der Waals surface area (Å²) in [4.78, 5) is 15.9. The number of carbonyl (C=O) groups excluding carboxylic acids is 1. The number of rotatable bonds is 6. The van der Waals surface area contributed by atoms with Crippen molar-refractivity contribution in [2.75, 3.05) is 6.61 Å². The average Bonchev–Trinajstić information content (AvgIpc) is 2.92. The lowest BCUT2D eigenvalue weighted by Crippen LogP contribution is -2.24. The molecule has 1 aromatic heterocycles. The summed E-state index contributed by atoms with van der Waals surface area (Å²) in [6.45, 7) is 3.08. The first-order chi connectivity index (χ1) is 9.28. The predicted octanol–water partition coefficient (Wildman–Crippen LogP) is 2.40.